The number of nitrogens with two attached hydrogens (primary N) is 1. The zero-order chi connectivity index (χ0) is 23.5. The molecule has 0 rings (SSSR count). The van der Waals surface area contributed by atoms with Gasteiger partial charge in [0.25, 0.3) is 17.9 Å². The summed E-state index contributed by atoms with van der Waals surface area (Å²) >= 11 is 0. The van der Waals surface area contributed by atoms with Crippen molar-refractivity contribution in [3.05, 3.63) is 0 Å². The van der Waals surface area contributed by atoms with Gasteiger partial charge in [0.15, 0.2) is 0 Å². The molecule has 0 heterocycles. The van der Waals surface area contributed by atoms with Crippen molar-refractivity contribution in [2.75, 3.05) is 13.1 Å². The first-order valence-electron chi connectivity index (χ1n) is 10.1. The van der Waals surface area contributed by atoms with E-state index in [0.29, 0.717) is 19.5 Å². The maximum atomic E-state index is 11.2. The molecular formula is C20H42CuN2O7. The maximum Gasteiger partial charge on any atom is 0.300 e. The van der Waals surface area contributed by atoms with Crippen LogP contribution in [0.4, 0.5) is 0 Å². The molecule has 0 saturated carbocycles. The van der Waals surface area contributed by atoms with Crippen molar-refractivity contribution >= 4 is 23.8 Å². The van der Waals surface area contributed by atoms with Gasteiger partial charge in [-0.2, -0.15) is 0 Å². The second kappa shape index (κ2) is 34.8. The summed E-state index contributed by atoms with van der Waals surface area (Å²) in [4.78, 5) is 38.2. The number of carbonyl (C=O) groups is 4. The number of unbranched alkanes of at least 4 members (excludes halogenated alkanes) is 8. The van der Waals surface area contributed by atoms with Gasteiger partial charge in [-0.3, -0.25) is 19.2 Å². The summed E-state index contributed by atoms with van der Waals surface area (Å²) in [5, 5.41) is 25.0. The molecule has 10 heteroatoms. The fourth-order valence-corrected chi connectivity index (χ4v) is 1.90. The molecule has 0 fully saturated rings. The Labute approximate surface area is 191 Å². The van der Waals surface area contributed by atoms with Crippen LogP contribution in [0.25, 0.3) is 0 Å². The number of amides is 1. The van der Waals surface area contributed by atoms with Crippen LogP contribution in [0.2, 0.25) is 0 Å². The number of aliphatic carboxylic acids is 3. The van der Waals surface area contributed by atoms with Gasteiger partial charge in [-0.05, 0) is 6.42 Å². The fraction of sp³-hybridized carbons (Fsp3) is 0.800. The molecule has 9 nitrogen and oxygen atoms in total. The van der Waals surface area contributed by atoms with Gasteiger partial charge in [0.1, 0.15) is 0 Å². The fourth-order valence-electron chi connectivity index (χ4n) is 1.90. The molecule has 0 aliphatic heterocycles. The third-order valence-corrected chi connectivity index (χ3v) is 2.97. The van der Waals surface area contributed by atoms with E-state index < -0.39 is 17.9 Å². The maximum absolute atomic E-state index is 11.2. The molecule has 1 radical (unpaired) electrons. The van der Waals surface area contributed by atoms with E-state index in [1.165, 1.54) is 51.4 Å². The summed E-state index contributed by atoms with van der Waals surface area (Å²) in [6, 6.07) is 0. The Balaban J connectivity index is -0.000000131. The third kappa shape index (κ3) is 95.0. The molecule has 30 heavy (non-hydrogen) atoms. The number of carbonyl (C=O) groups excluding carboxylic acids is 1. The summed E-state index contributed by atoms with van der Waals surface area (Å²) in [5.74, 6) is -2.35. The monoisotopic (exact) mass is 485 g/mol. The molecule has 0 aromatic carbocycles. The van der Waals surface area contributed by atoms with Crippen LogP contribution in [0.3, 0.4) is 0 Å². The first-order chi connectivity index (χ1) is 13.5. The van der Waals surface area contributed by atoms with E-state index in [2.05, 4.69) is 12.2 Å². The van der Waals surface area contributed by atoms with Crippen LogP contribution in [0.1, 0.15) is 91.9 Å². The number of hydrogen-bond donors (Lipinski definition) is 5. The van der Waals surface area contributed by atoms with E-state index in [9.17, 15) is 4.79 Å². The van der Waals surface area contributed by atoms with Crippen LogP contribution >= 0.6 is 0 Å². The van der Waals surface area contributed by atoms with Crippen molar-refractivity contribution in [3.8, 4) is 0 Å². The van der Waals surface area contributed by atoms with Crippen LogP contribution in [0.15, 0.2) is 0 Å². The third-order valence-electron chi connectivity index (χ3n) is 2.97. The molecule has 0 atom stereocenters. The van der Waals surface area contributed by atoms with Gasteiger partial charge in [-0.15, -0.1) is 0 Å². The molecule has 0 aromatic heterocycles. The smallest absolute Gasteiger partial charge is 0.300 e. The van der Waals surface area contributed by atoms with Crippen molar-refractivity contribution in [2.24, 2.45) is 5.73 Å². The first kappa shape index (κ1) is 38.9. The number of nitrogens with one attached hydrogen (secondary N) is 1. The standard InChI is InChI=1S/C14H30N2O.3C2H4O2.Cu/c1-2-3-4-5-6-7-8-9-10-11-14(17)16-13-12-15;3*1-2(3)4;/h2-13,15H2,1H3,(H,16,17);3*1H3,(H,3,4);. The molecule has 1 amide bonds. The Kier molecular flexibility index (Phi) is 45.2. The molecule has 0 unspecified atom stereocenters. The topological polar surface area (TPSA) is 167 Å². The second-order valence-electron chi connectivity index (χ2n) is 6.27. The van der Waals surface area contributed by atoms with Gasteiger partial charge in [0.05, 0.1) is 0 Å². The Morgan fingerprint density at radius 2 is 1.00 bits per heavy atom. The molecule has 0 saturated heterocycles. The van der Waals surface area contributed by atoms with Crippen LogP contribution in [0.5, 0.6) is 0 Å². The van der Waals surface area contributed by atoms with E-state index >= 15 is 0 Å². The molecule has 185 valence electrons. The van der Waals surface area contributed by atoms with E-state index in [4.69, 9.17) is 35.4 Å². The average Bonchev–Trinajstić information content (AvgIpc) is 2.57. The number of carboxylic acid groups (broad SMARTS) is 3. The number of hydrogen-bond acceptors (Lipinski definition) is 5. The Morgan fingerprint density at radius 1 is 0.700 bits per heavy atom. The van der Waals surface area contributed by atoms with Gasteiger partial charge in [0, 0.05) is 57.4 Å². The summed E-state index contributed by atoms with van der Waals surface area (Å²) in [5.41, 5.74) is 5.31. The normalized spacial score (nSPS) is 8.43. The summed E-state index contributed by atoms with van der Waals surface area (Å²) < 4.78 is 0. The zero-order valence-corrected chi connectivity index (χ0v) is 19.8. The van der Waals surface area contributed by atoms with Crippen LogP contribution in [-0.2, 0) is 36.2 Å². The predicted molar refractivity (Wildman–Crippen MR) is 114 cm³/mol. The first-order valence-corrected chi connectivity index (χ1v) is 10.1. The van der Waals surface area contributed by atoms with Crippen LogP contribution in [-0.4, -0.2) is 52.2 Å². The number of carboxylic acids is 3. The van der Waals surface area contributed by atoms with Gasteiger partial charge >= 0.3 is 0 Å². The molecule has 6 N–H and O–H groups in total. The van der Waals surface area contributed by atoms with Crippen molar-refractivity contribution < 1.29 is 51.6 Å². The number of rotatable bonds is 12. The SMILES string of the molecule is CC(=O)O.CC(=O)O.CC(=O)O.CCCCCCCCCCCC(=O)NCCN.[Cu]. The van der Waals surface area contributed by atoms with Crippen LogP contribution < -0.4 is 11.1 Å². The minimum atomic E-state index is -0.833. The van der Waals surface area contributed by atoms with Crippen LogP contribution in [0, 0.1) is 0 Å². The van der Waals surface area contributed by atoms with Crippen molar-refractivity contribution in [1.82, 2.24) is 5.32 Å². The van der Waals surface area contributed by atoms with Crippen molar-refractivity contribution in [2.45, 2.75) is 91.9 Å². The van der Waals surface area contributed by atoms with E-state index in [0.717, 1.165) is 27.2 Å². The summed E-state index contributed by atoms with van der Waals surface area (Å²) in [6.07, 6.45) is 12.3. The predicted octanol–water partition coefficient (Wildman–Crippen LogP) is 3.25. The minimum absolute atomic E-state index is 0. The largest absolute Gasteiger partial charge is 0.481 e. The second-order valence-corrected chi connectivity index (χ2v) is 6.27. The van der Waals surface area contributed by atoms with Gasteiger partial charge in [-0.25, -0.2) is 0 Å². The quantitative estimate of drug-likeness (QED) is 0.207. The molecule has 0 aliphatic rings. The molecule has 0 aliphatic carbocycles. The Morgan fingerprint density at radius 3 is 1.30 bits per heavy atom. The van der Waals surface area contributed by atoms with Crippen molar-refractivity contribution in [3.63, 3.8) is 0 Å². The van der Waals surface area contributed by atoms with E-state index in [1.807, 2.05) is 0 Å². The molecule has 0 aromatic rings. The van der Waals surface area contributed by atoms with E-state index in [1.54, 1.807) is 0 Å². The average molecular weight is 486 g/mol. The molecule has 0 bridgehead atoms. The summed E-state index contributed by atoms with van der Waals surface area (Å²) in [6.45, 7) is 6.63. The van der Waals surface area contributed by atoms with Crippen molar-refractivity contribution in [1.29, 1.82) is 0 Å². The Bertz CT molecular complexity index is 368. The van der Waals surface area contributed by atoms with Gasteiger partial charge in [0.2, 0.25) is 5.91 Å². The zero-order valence-electron chi connectivity index (χ0n) is 18.8. The van der Waals surface area contributed by atoms with E-state index in [-0.39, 0.29) is 23.0 Å². The van der Waals surface area contributed by atoms with Gasteiger partial charge in [-0.1, -0.05) is 58.3 Å². The molecular weight excluding hydrogens is 444 g/mol. The summed E-state index contributed by atoms with van der Waals surface area (Å²) in [7, 11) is 0. The minimum Gasteiger partial charge on any atom is -0.481 e. The molecule has 0 spiro atoms. The van der Waals surface area contributed by atoms with Gasteiger partial charge < -0.3 is 26.4 Å². The Hall–Kier alpha value is -1.64.